The highest BCUT2D eigenvalue weighted by Gasteiger charge is 2.17. The fourth-order valence-electron chi connectivity index (χ4n) is 2.64. The number of non-ortho nitro benzene ring substituents is 1. The van der Waals surface area contributed by atoms with E-state index >= 15 is 0 Å². The summed E-state index contributed by atoms with van der Waals surface area (Å²) in [6.07, 6.45) is 0. The monoisotopic (exact) mass is 434 g/mol. The molecule has 1 aromatic heterocycles. The van der Waals surface area contributed by atoms with E-state index in [1.54, 1.807) is 24.3 Å². The second-order valence-corrected chi connectivity index (χ2v) is 8.07. The Morgan fingerprint density at radius 3 is 2.62 bits per heavy atom. The average Bonchev–Trinajstić information content (AvgIpc) is 2.70. The van der Waals surface area contributed by atoms with Crippen molar-refractivity contribution in [2.24, 2.45) is 0 Å². The molecule has 11 heteroatoms. The molecule has 0 aliphatic rings. The summed E-state index contributed by atoms with van der Waals surface area (Å²) in [5.74, 6) is -0.431. The van der Waals surface area contributed by atoms with Crippen molar-refractivity contribution < 1.29 is 18.1 Å². The molecule has 0 bridgehead atoms. The maximum atomic E-state index is 12.5. The predicted octanol–water partition coefficient (Wildman–Crippen LogP) is 2.50. The van der Waals surface area contributed by atoms with Crippen LogP contribution in [-0.4, -0.2) is 37.3 Å². The summed E-state index contributed by atoms with van der Waals surface area (Å²) in [6.45, 7) is -0.102. The van der Waals surface area contributed by atoms with Gasteiger partial charge in [0.2, 0.25) is 10.0 Å². The van der Waals surface area contributed by atoms with Gasteiger partial charge in [0.1, 0.15) is 5.15 Å². The normalized spacial score (nSPS) is 11.3. The molecule has 0 atom stereocenters. The molecule has 1 heterocycles. The van der Waals surface area contributed by atoms with Gasteiger partial charge in [-0.15, -0.1) is 0 Å². The van der Waals surface area contributed by atoms with Crippen LogP contribution in [0.2, 0.25) is 5.15 Å². The fourth-order valence-corrected chi connectivity index (χ4v) is 3.91. The number of carbonyl (C=O) groups is 1. The number of fused-ring (bicyclic) bond motifs is 1. The minimum atomic E-state index is -3.96. The minimum absolute atomic E-state index is 0.00125. The Morgan fingerprint density at radius 1 is 1.10 bits per heavy atom. The predicted molar refractivity (Wildman–Crippen MR) is 107 cm³/mol. The Kier molecular flexibility index (Phi) is 6.06. The molecular formula is C18H15ClN4O5S. The van der Waals surface area contributed by atoms with Gasteiger partial charge in [-0.25, -0.2) is 18.1 Å². The number of nitrogens with one attached hydrogen (secondary N) is 2. The molecule has 0 radical (unpaired) electrons. The van der Waals surface area contributed by atoms with E-state index in [4.69, 9.17) is 11.6 Å². The molecule has 0 fully saturated rings. The third-order valence-corrected chi connectivity index (χ3v) is 5.62. The molecule has 0 aliphatic carbocycles. The lowest BCUT2D eigenvalue weighted by Gasteiger charge is -2.10. The second-order valence-electron chi connectivity index (χ2n) is 5.92. The van der Waals surface area contributed by atoms with Crippen molar-refractivity contribution in [1.82, 2.24) is 15.0 Å². The molecule has 1 amide bonds. The fraction of sp³-hybridized carbons (Fsp3) is 0.111. The van der Waals surface area contributed by atoms with Crippen LogP contribution in [0, 0.1) is 10.1 Å². The summed E-state index contributed by atoms with van der Waals surface area (Å²) < 4.78 is 26.8. The van der Waals surface area contributed by atoms with Crippen LogP contribution in [0.4, 0.5) is 5.69 Å². The number of carbonyl (C=O) groups excluding carboxylic acids is 1. The van der Waals surface area contributed by atoms with Gasteiger partial charge < -0.3 is 5.32 Å². The van der Waals surface area contributed by atoms with Crippen LogP contribution in [0.25, 0.3) is 10.9 Å². The summed E-state index contributed by atoms with van der Waals surface area (Å²) in [7, 11) is -3.96. The number of hydrogen-bond donors (Lipinski definition) is 2. The van der Waals surface area contributed by atoms with Crippen LogP contribution >= 0.6 is 11.6 Å². The third kappa shape index (κ3) is 4.86. The van der Waals surface area contributed by atoms with Crippen LogP contribution in [0.1, 0.15) is 10.4 Å². The Balaban J connectivity index is 1.64. The molecule has 0 unspecified atom stereocenters. The van der Waals surface area contributed by atoms with E-state index in [1.165, 1.54) is 24.3 Å². The highest BCUT2D eigenvalue weighted by atomic mass is 35.5. The number of nitro benzene ring substituents is 1. The van der Waals surface area contributed by atoms with Crippen LogP contribution in [-0.2, 0) is 10.0 Å². The summed E-state index contributed by atoms with van der Waals surface area (Å²) in [6, 6.07) is 13.1. The molecule has 0 saturated heterocycles. The minimum Gasteiger partial charge on any atom is -0.351 e. The number of benzene rings is 2. The van der Waals surface area contributed by atoms with E-state index in [2.05, 4.69) is 15.0 Å². The van der Waals surface area contributed by atoms with Gasteiger partial charge in [0.15, 0.2) is 0 Å². The van der Waals surface area contributed by atoms with Crippen molar-refractivity contribution in [1.29, 1.82) is 0 Å². The van der Waals surface area contributed by atoms with E-state index in [0.29, 0.717) is 16.5 Å². The average molecular weight is 435 g/mol. The standard InChI is InChI=1S/C18H15ClN4O5S/c19-17-11-15(14-6-1-2-7-16(14)22-17)18(24)20-8-9-21-29(27,28)13-5-3-4-12(10-13)23(25)26/h1-7,10-11,21H,8-9H2,(H,20,24). The first-order valence-corrected chi connectivity index (χ1v) is 10.2. The van der Waals surface area contributed by atoms with Gasteiger partial charge in [0.25, 0.3) is 11.6 Å². The number of nitro groups is 1. The summed E-state index contributed by atoms with van der Waals surface area (Å²) >= 11 is 5.96. The zero-order valence-corrected chi connectivity index (χ0v) is 16.4. The molecule has 2 N–H and O–H groups in total. The van der Waals surface area contributed by atoms with Crippen molar-refractivity contribution in [3.63, 3.8) is 0 Å². The molecule has 150 valence electrons. The molecule has 29 heavy (non-hydrogen) atoms. The number of para-hydroxylation sites is 1. The lowest BCUT2D eigenvalue weighted by Crippen LogP contribution is -2.34. The van der Waals surface area contributed by atoms with Crippen LogP contribution < -0.4 is 10.0 Å². The maximum absolute atomic E-state index is 12.5. The zero-order valence-electron chi connectivity index (χ0n) is 14.8. The lowest BCUT2D eigenvalue weighted by molar-refractivity contribution is -0.385. The Hall–Kier alpha value is -3.08. The molecule has 0 aliphatic heterocycles. The largest absolute Gasteiger partial charge is 0.351 e. The van der Waals surface area contributed by atoms with Gasteiger partial charge >= 0.3 is 0 Å². The number of pyridine rings is 1. The Bertz CT molecular complexity index is 1200. The van der Waals surface area contributed by atoms with Crippen molar-refractivity contribution in [3.05, 3.63) is 75.4 Å². The van der Waals surface area contributed by atoms with Gasteiger partial charge in [0, 0.05) is 30.6 Å². The molecular weight excluding hydrogens is 420 g/mol. The van der Waals surface area contributed by atoms with E-state index in [1.807, 2.05) is 0 Å². The Labute approximate surface area is 170 Å². The highest BCUT2D eigenvalue weighted by Crippen LogP contribution is 2.20. The first-order valence-electron chi connectivity index (χ1n) is 8.35. The van der Waals surface area contributed by atoms with Gasteiger partial charge in [-0.3, -0.25) is 14.9 Å². The number of hydrogen-bond acceptors (Lipinski definition) is 6. The van der Waals surface area contributed by atoms with Crippen LogP contribution in [0.15, 0.2) is 59.5 Å². The first kappa shape index (κ1) is 20.6. The van der Waals surface area contributed by atoms with Gasteiger partial charge in [0.05, 0.1) is 20.9 Å². The highest BCUT2D eigenvalue weighted by molar-refractivity contribution is 7.89. The van der Waals surface area contributed by atoms with Crippen molar-refractivity contribution in [3.8, 4) is 0 Å². The molecule has 3 aromatic rings. The number of amides is 1. The first-order chi connectivity index (χ1) is 13.8. The van der Waals surface area contributed by atoms with Gasteiger partial charge in [-0.2, -0.15) is 0 Å². The summed E-state index contributed by atoms with van der Waals surface area (Å²) in [4.78, 5) is 26.5. The van der Waals surface area contributed by atoms with E-state index in [0.717, 1.165) is 6.07 Å². The number of halogens is 1. The maximum Gasteiger partial charge on any atom is 0.270 e. The quantitative estimate of drug-likeness (QED) is 0.254. The third-order valence-electron chi connectivity index (χ3n) is 3.97. The van der Waals surface area contributed by atoms with E-state index in [-0.39, 0.29) is 28.8 Å². The van der Waals surface area contributed by atoms with Crippen LogP contribution in [0.3, 0.4) is 0 Å². The zero-order chi connectivity index (χ0) is 21.0. The number of nitrogens with zero attached hydrogens (tertiary/aromatic N) is 2. The molecule has 9 nitrogen and oxygen atoms in total. The van der Waals surface area contributed by atoms with E-state index < -0.39 is 20.9 Å². The van der Waals surface area contributed by atoms with Crippen LogP contribution in [0.5, 0.6) is 0 Å². The number of aromatic nitrogens is 1. The molecule has 2 aromatic carbocycles. The lowest BCUT2D eigenvalue weighted by atomic mass is 10.1. The van der Waals surface area contributed by atoms with Crippen molar-refractivity contribution in [2.45, 2.75) is 4.90 Å². The van der Waals surface area contributed by atoms with Crippen molar-refractivity contribution in [2.75, 3.05) is 13.1 Å². The van der Waals surface area contributed by atoms with Gasteiger partial charge in [-0.05, 0) is 18.2 Å². The second kappa shape index (κ2) is 8.52. The topological polar surface area (TPSA) is 131 Å². The SMILES string of the molecule is O=C(NCCNS(=O)(=O)c1cccc([N+](=O)[O-])c1)c1cc(Cl)nc2ccccc12. The molecule has 3 rings (SSSR count). The number of sulfonamides is 1. The number of rotatable bonds is 7. The van der Waals surface area contributed by atoms with Crippen molar-refractivity contribution >= 4 is 44.1 Å². The smallest absolute Gasteiger partial charge is 0.270 e. The summed E-state index contributed by atoms with van der Waals surface area (Å²) in [5, 5.41) is 14.2. The molecule has 0 saturated carbocycles. The molecule has 0 spiro atoms. The van der Waals surface area contributed by atoms with Gasteiger partial charge in [-0.1, -0.05) is 35.9 Å². The Morgan fingerprint density at radius 2 is 1.86 bits per heavy atom. The van der Waals surface area contributed by atoms with E-state index in [9.17, 15) is 23.3 Å². The summed E-state index contributed by atoms with van der Waals surface area (Å²) in [5.41, 5.74) is 0.557.